The zero-order valence-corrected chi connectivity index (χ0v) is 10.5. The first-order valence-electron chi connectivity index (χ1n) is 4.86. The Morgan fingerprint density at radius 3 is 2.73 bits per heavy atom. The van der Waals surface area contributed by atoms with Crippen molar-refractivity contribution < 1.29 is 0 Å². The Hall–Kier alpha value is -0.800. The van der Waals surface area contributed by atoms with Crippen molar-refractivity contribution in [2.75, 3.05) is 18.5 Å². The third-order valence-corrected chi connectivity index (χ3v) is 2.65. The molecule has 0 radical (unpaired) electrons. The molecule has 0 aromatic heterocycles. The molecule has 0 aliphatic carbocycles. The first-order valence-corrected chi connectivity index (χ1v) is 5.65. The van der Waals surface area contributed by atoms with E-state index in [0.29, 0.717) is 10.0 Å². The minimum Gasteiger partial charge on any atom is -0.389 e. The van der Waals surface area contributed by atoms with E-state index in [2.05, 4.69) is 11.8 Å². The van der Waals surface area contributed by atoms with Gasteiger partial charge in [-0.05, 0) is 24.6 Å². The van der Waals surface area contributed by atoms with Gasteiger partial charge in [0.15, 0.2) is 0 Å². The number of nitrogens with two attached hydrogens (primary N) is 1. The molecular formula is C11H15ClN2S. The van der Waals surface area contributed by atoms with Crippen LogP contribution in [0.25, 0.3) is 0 Å². The topological polar surface area (TPSA) is 29.3 Å². The molecule has 0 fully saturated rings. The van der Waals surface area contributed by atoms with Gasteiger partial charge in [-0.25, -0.2) is 0 Å². The lowest BCUT2D eigenvalue weighted by Gasteiger charge is -2.21. The van der Waals surface area contributed by atoms with Crippen molar-refractivity contribution in [2.45, 2.75) is 13.3 Å². The van der Waals surface area contributed by atoms with Crippen LogP contribution >= 0.6 is 23.8 Å². The lowest BCUT2D eigenvalue weighted by Crippen LogP contribution is -2.22. The van der Waals surface area contributed by atoms with Crippen LogP contribution in [0.1, 0.15) is 18.9 Å². The molecule has 0 unspecified atom stereocenters. The van der Waals surface area contributed by atoms with Crippen molar-refractivity contribution in [1.82, 2.24) is 0 Å². The number of thiocarbonyl (C=S) groups is 1. The van der Waals surface area contributed by atoms with Crippen molar-refractivity contribution in [1.29, 1.82) is 0 Å². The van der Waals surface area contributed by atoms with Crippen molar-refractivity contribution in [2.24, 2.45) is 5.73 Å². The summed E-state index contributed by atoms with van der Waals surface area (Å²) >= 11 is 10.9. The predicted octanol–water partition coefficient (Wildman–Crippen LogP) is 2.82. The number of anilines is 1. The van der Waals surface area contributed by atoms with Crippen LogP contribution in [0.2, 0.25) is 5.02 Å². The number of benzene rings is 1. The van der Waals surface area contributed by atoms with E-state index in [9.17, 15) is 0 Å². The maximum atomic E-state index is 5.91. The highest BCUT2D eigenvalue weighted by Crippen LogP contribution is 2.23. The quantitative estimate of drug-likeness (QED) is 0.824. The fourth-order valence-corrected chi connectivity index (χ4v) is 1.83. The average molecular weight is 243 g/mol. The first kappa shape index (κ1) is 12.3. The van der Waals surface area contributed by atoms with Gasteiger partial charge in [0.2, 0.25) is 0 Å². The molecule has 0 saturated carbocycles. The Morgan fingerprint density at radius 2 is 2.20 bits per heavy atom. The van der Waals surface area contributed by atoms with Crippen LogP contribution in [0.5, 0.6) is 0 Å². The van der Waals surface area contributed by atoms with E-state index < -0.39 is 0 Å². The van der Waals surface area contributed by atoms with Crippen LogP contribution in [0.4, 0.5) is 5.69 Å². The van der Waals surface area contributed by atoms with Crippen LogP contribution in [0.15, 0.2) is 18.2 Å². The number of halogens is 1. The molecule has 1 aromatic rings. The molecule has 0 amide bonds. The summed E-state index contributed by atoms with van der Waals surface area (Å²) in [6, 6.07) is 5.61. The number of rotatable bonds is 4. The fraction of sp³-hybridized carbons (Fsp3) is 0.364. The van der Waals surface area contributed by atoms with Crippen LogP contribution in [-0.2, 0) is 0 Å². The zero-order valence-electron chi connectivity index (χ0n) is 8.96. The predicted molar refractivity (Wildman–Crippen MR) is 70.9 cm³/mol. The van der Waals surface area contributed by atoms with Gasteiger partial charge in [0.05, 0.1) is 0 Å². The molecular weight excluding hydrogens is 228 g/mol. The van der Waals surface area contributed by atoms with Gasteiger partial charge in [0.1, 0.15) is 4.99 Å². The van der Waals surface area contributed by atoms with E-state index >= 15 is 0 Å². The molecule has 0 atom stereocenters. The molecule has 4 heteroatoms. The lowest BCUT2D eigenvalue weighted by atomic mass is 10.1. The third-order valence-electron chi connectivity index (χ3n) is 2.19. The maximum Gasteiger partial charge on any atom is 0.106 e. The van der Waals surface area contributed by atoms with E-state index in [0.717, 1.165) is 24.2 Å². The standard InChI is InChI=1S/C11H15ClN2S/c1-3-6-14(2)10-5-4-8(12)7-9(10)11(13)15/h4-5,7H,3,6H2,1-2H3,(H2,13,15). The van der Waals surface area contributed by atoms with E-state index in [-0.39, 0.29) is 0 Å². The van der Waals surface area contributed by atoms with Crippen molar-refractivity contribution in [3.8, 4) is 0 Å². The molecule has 0 spiro atoms. The van der Waals surface area contributed by atoms with Gasteiger partial charge in [0.25, 0.3) is 0 Å². The Morgan fingerprint density at radius 1 is 1.53 bits per heavy atom. The summed E-state index contributed by atoms with van der Waals surface area (Å²) in [5.74, 6) is 0. The van der Waals surface area contributed by atoms with Crippen LogP contribution in [0.3, 0.4) is 0 Å². The fourth-order valence-electron chi connectivity index (χ4n) is 1.49. The van der Waals surface area contributed by atoms with Crippen LogP contribution in [0, 0.1) is 0 Å². The van der Waals surface area contributed by atoms with Gasteiger partial charge in [0, 0.05) is 29.9 Å². The molecule has 0 aliphatic rings. The molecule has 0 aliphatic heterocycles. The molecule has 15 heavy (non-hydrogen) atoms. The molecule has 82 valence electrons. The van der Waals surface area contributed by atoms with Gasteiger partial charge in [-0.15, -0.1) is 0 Å². The van der Waals surface area contributed by atoms with Gasteiger partial charge in [-0.1, -0.05) is 30.7 Å². The van der Waals surface area contributed by atoms with Gasteiger partial charge >= 0.3 is 0 Å². The first-order chi connectivity index (χ1) is 7.06. The molecule has 0 heterocycles. The van der Waals surface area contributed by atoms with Crippen LogP contribution in [-0.4, -0.2) is 18.6 Å². The molecule has 1 aromatic carbocycles. The van der Waals surface area contributed by atoms with Crippen LogP contribution < -0.4 is 10.6 Å². The highest BCUT2D eigenvalue weighted by atomic mass is 35.5. The van der Waals surface area contributed by atoms with Gasteiger partial charge in [-0.3, -0.25) is 0 Å². The Balaban J connectivity index is 3.10. The largest absolute Gasteiger partial charge is 0.389 e. The van der Waals surface area contributed by atoms with E-state index in [4.69, 9.17) is 29.6 Å². The maximum absolute atomic E-state index is 5.91. The number of nitrogens with zero attached hydrogens (tertiary/aromatic N) is 1. The highest BCUT2D eigenvalue weighted by Gasteiger charge is 2.09. The monoisotopic (exact) mass is 242 g/mol. The van der Waals surface area contributed by atoms with Crippen molar-refractivity contribution in [3.63, 3.8) is 0 Å². The number of hydrogen-bond acceptors (Lipinski definition) is 2. The normalized spacial score (nSPS) is 10.1. The second-order valence-electron chi connectivity index (χ2n) is 3.45. The molecule has 1 rings (SSSR count). The lowest BCUT2D eigenvalue weighted by molar-refractivity contribution is 0.851. The Bertz CT molecular complexity index is 366. The van der Waals surface area contributed by atoms with Crippen molar-refractivity contribution in [3.05, 3.63) is 28.8 Å². The average Bonchev–Trinajstić information content (AvgIpc) is 2.17. The Kier molecular flexibility index (Phi) is 4.36. The smallest absolute Gasteiger partial charge is 0.106 e. The highest BCUT2D eigenvalue weighted by molar-refractivity contribution is 7.80. The SMILES string of the molecule is CCCN(C)c1ccc(Cl)cc1C(N)=S. The second-order valence-corrected chi connectivity index (χ2v) is 4.32. The van der Waals surface area contributed by atoms with Crippen molar-refractivity contribution >= 4 is 34.5 Å². The third kappa shape index (κ3) is 3.08. The zero-order chi connectivity index (χ0) is 11.4. The van der Waals surface area contributed by atoms with Gasteiger partial charge in [-0.2, -0.15) is 0 Å². The molecule has 0 bridgehead atoms. The summed E-state index contributed by atoms with van der Waals surface area (Å²) in [5.41, 5.74) is 7.54. The summed E-state index contributed by atoms with van der Waals surface area (Å²) in [6.45, 7) is 3.10. The molecule has 2 N–H and O–H groups in total. The van der Waals surface area contributed by atoms with E-state index in [1.54, 1.807) is 0 Å². The minimum absolute atomic E-state index is 0.385. The summed E-state index contributed by atoms with van der Waals surface area (Å²) in [6.07, 6.45) is 1.08. The molecule has 2 nitrogen and oxygen atoms in total. The Labute approximate surface area is 101 Å². The summed E-state index contributed by atoms with van der Waals surface area (Å²) in [5, 5.41) is 0.659. The van der Waals surface area contributed by atoms with Gasteiger partial charge < -0.3 is 10.6 Å². The van der Waals surface area contributed by atoms with E-state index in [1.165, 1.54) is 0 Å². The summed E-state index contributed by atoms with van der Waals surface area (Å²) < 4.78 is 0. The summed E-state index contributed by atoms with van der Waals surface area (Å²) in [4.78, 5) is 2.51. The molecule has 0 saturated heterocycles. The summed E-state index contributed by atoms with van der Waals surface area (Å²) in [7, 11) is 2.02. The number of hydrogen-bond donors (Lipinski definition) is 1. The van der Waals surface area contributed by atoms with E-state index in [1.807, 2.05) is 25.2 Å². The minimum atomic E-state index is 0.385. The second kappa shape index (κ2) is 5.33.